The Morgan fingerprint density at radius 2 is 1.70 bits per heavy atom. The van der Waals surface area contributed by atoms with Gasteiger partial charge in [-0.1, -0.05) is 36.4 Å². The molecular weight excluding hydrogens is 361 g/mol. The third kappa shape index (κ3) is 6.32. The van der Waals surface area contributed by atoms with E-state index in [-0.39, 0.29) is 12.1 Å². The van der Waals surface area contributed by atoms with Gasteiger partial charge in [-0.15, -0.1) is 0 Å². The van der Waals surface area contributed by atoms with Crippen LogP contribution in [-0.2, 0) is 6.54 Å². The van der Waals surface area contributed by atoms with E-state index in [0.29, 0.717) is 16.7 Å². The maximum Gasteiger partial charge on any atom is 0.391 e. The van der Waals surface area contributed by atoms with Crippen molar-refractivity contribution in [2.24, 2.45) is 0 Å². The van der Waals surface area contributed by atoms with Crippen LogP contribution in [0.2, 0.25) is 0 Å². The van der Waals surface area contributed by atoms with Crippen molar-refractivity contribution in [3.05, 3.63) is 70.8 Å². The number of alkyl halides is 3. The van der Waals surface area contributed by atoms with Crippen LogP contribution < -0.4 is 10.6 Å². The second kappa shape index (κ2) is 8.57. The van der Waals surface area contributed by atoms with Crippen LogP contribution in [0, 0.1) is 6.92 Å². The van der Waals surface area contributed by atoms with Crippen molar-refractivity contribution >= 4 is 12.0 Å². The predicted molar refractivity (Wildman–Crippen MR) is 93.4 cm³/mol. The summed E-state index contributed by atoms with van der Waals surface area (Å²) in [5.74, 6) is -1.07. The maximum absolute atomic E-state index is 12.9. The minimum atomic E-state index is -4.44. The van der Waals surface area contributed by atoms with Gasteiger partial charge in [-0.3, -0.25) is 0 Å². The molecule has 0 aliphatic carbocycles. The first-order chi connectivity index (χ1) is 12.7. The van der Waals surface area contributed by atoms with Crippen LogP contribution >= 0.6 is 0 Å². The van der Waals surface area contributed by atoms with Crippen molar-refractivity contribution in [1.82, 2.24) is 10.6 Å². The summed E-state index contributed by atoms with van der Waals surface area (Å²) in [6.07, 6.45) is -5.62. The highest BCUT2D eigenvalue weighted by molar-refractivity contribution is 5.87. The summed E-state index contributed by atoms with van der Waals surface area (Å²) in [6.45, 7) is 1.74. The minimum absolute atomic E-state index is 0.0538. The number of carbonyl (C=O) groups excluding carboxylic acids is 1. The van der Waals surface area contributed by atoms with Crippen LogP contribution in [0.25, 0.3) is 0 Å². The summed E-state index contributed by atoms with van der Waals surface area (Å²) < 4.78 is 38.7. The van der Waals surface area contributed by atoms with Gasteiger partial charge in [0.2, 0.25) is 0 Å². The van der Waals surface area contributed by atoms with Crippen LogP contribution in [0.15, 0.2) is 48.5 Å². The Balaban J connectivity index is 2.03. The Morgan fingerprint density at radius 1 is 1.07 bits per heavy atom. The molecule has 144 valence electrons. The van der Waals surface area contributed by atoms with Crippen molar-refractivity contribution in [2.75, 3.05) is 0 Å². The molecule has 5 nitrogen and oxygen atoms in total. The first-order valence-electron chi connectivity index (χ1n) is 8.14. The number of aryl methyl sites for hydroxylation is 1. The number of benzene rings is 2. The highest BCUT2D eigenvalue weighted by Crippen LogP contribution is 2.30. The summed E-state index contributed by atoms with van der Waals surface area (Å²) >= 11 is 0. The normalized spacial score (nSPS) is 12.3. The number of amides is 2. The number of rotatable bonds is 6. The minimum Gasteiger partial charge on any atom is -0.478 e. The lowest BCUT2D eigenvalue weighted by Crippen LogP contribution is -2.39. The van der Waals surface area contributed by atoms with Gasteiger partial charge in [0.15, 0.2) is 0 Å². The Hall–Kier alpha value is -3.03. The van der Waals surface area contributed by atoms with Crippen LogP contribution in [0.1, 0.15) is 39.5 Å². The van der Waals surface area contributed by atoms with Crippen LogP contribution in [0.5, 0.6) is 0 Å². The zero-order chi connectivity index (χ0) is 20.0. The Bertz CT molecular complexity index is 805. The van der Waals surface area contributed by atoms with E-state index in [9.17, 15) is 22.8 Å². The summed E-state index contributed by atoms with van der Waals surface area (Å²) in [5, 5.41) is 13.7. The summed E-state index contributed by atoms with van der Waals surface area (Å²) in [7, 11) is 0. The number of aromatic carboxylic acids is 1. The number of carboxylic acids is 1. The average molecular weight is 380 g/mol. The topological polar surface area (TPSA) is 78.4 Å². The van der Waals surface area contributed by atoms with E-state index in [1.807, 2.05) is 0 Å². The molecule has 1 atom stereocenters. The lowest BCUT2D eigenvalue weighted by molar-refractivity contribution is -0.139. The molecule has 0 fully saturated rings. The number of hydrogen-bond donors (Lipinski definition) is 3. The monoisotopic (exact) mass is 380 g/mol. The van der Waals surface area contributed by atoms with Gasteiger partial charge in [-0.2, -0.15) is 13.2 Å². The second-order valence-electron chi connectivity index (χ2n) is 6.06. The number of nitrogens with one attached hydrogen (secondary N) is 2. The van der Waals surface area contributed by atoms with Gasteiger partial charge in [0.1, 0.15) is 0 Å². The van der Waals surface area contributed by atoms with Gasteiger partial charge in [-0.05, 0) is 35.7 Å². The summed E-state index contributed by atoms with van der Waals surface area (Å²) in [6, 6.07) is 10.4. The zero-order valence-electron chi connectivity index (χ0n) is 14.5. The first-order valence-corrected chi connectivity index (χ1v) is 8.14. The average Bonchev–Trinajstić information content (AvgIpc) is 2.59. The van der Waals surface area contributed by atoms with E-state index in [0.717, 1.165) is 0 Å². The highest BCUT2D eigenvalue weighted by atomic mass is 19.4. The Labute approximate surface area is 154 Å². The van der Waals surface area contributed by atoms with Crippen molar-refractivity contribution in [2.45, 2.75) is 32.1 Å². The number of halogens is 3. The number of urea groups is 1. The van der Waals surface area contributed by atoms with E-state index in [4.69, 9.17) is 5.11 Å². The largest absolute Gasteiger partial charge is 0.478 e. The van der Waals surface area contributed by atoms with Gasteiger partial charge >= 0.3 is 18.2 Å². The number of hydrogen-bond acceptors (Lipinski definition) is 2. The molecule has 0 aromatic heterocycles. The molecule has 8 heteroatoms. The molecule has 0 aliphatic rings. The van der Waals surface area contributed by atoms with E-state index < -0.39 is 30.6 Å². The van der Waals surface area contributed by atoms with E-state index in [2.05, 4.69) is 10.6 Å². The molecule has 0 saturated heterocycles. The molecule has 2 aromatic rings. The Morgan fingerprint density at radius 3 is 2.26 bits per heavy atom. The van der Waals surface area contributed by atoms with Gasteiger partial charge in [0.25, 0.3) is 0 Å². The first kappa shape index (κ1) is 20.3. The van der Waals surface area contributed by atoms with E-state index in [1.165, 1.54) is 24.3 Å². The zero-order valence-corrected chi connectivity index (χ0v) is 14.5. The fourth-order valence-corrected chi connectivity index (χ4v) is 2.60. The third-order valence-electron chi connectivity index (χ3n) is 3.96. The second-order valence-corrected chi connectivity index (χ2v) is 6.06. The molecule has 0 heterocycles. The molecule has 0 bridgehead atoms. The SMILES string of the molecule is Cc1ccccc1C(CC(F)(F)F)NC(=O)NCc1ccc(C(=O)O)cc1. The van der Waals surface area contributed by atoms with Crippen LogP contribution in [0.3, 0.4) is 0 Å². The fourth-order valence-electron chi connectivity index (χ4n) is 2.60. The summed E-state index contributed by atoms with van der Waals surface area (Å²) in [5.41, 5.74) is 1.78. The van der Waals surface area contributed by atoms with Crippen molar-refractivity contribution in [1.29, 1.82) is 0 Å². The molecule has 2 amide bonds. The molecule has 0 saturated carbocycles. The molecule has 1 unspecified atom stereocenters. The summed E-state index contributed by atoms with van der Waals surface area (Å²) in [4.78, 5) is 22.9. The van der Waals surface area contributed by atoms with Gasteiger partial charge in [0.05, 0.1) is 18.0 Å². The maximum atomic E-state index is 12.9. The molecular formula is C19H19F3N2O3. The number of carboxylic acid groups (broad SMARTS) is 1. The van der Waals surface area contributed by atoms with Crippen molar-refractivity contribution in [3.63, 3.8) is 0 Å². The molecule has 2 aromatic carbocycles. The standard InChI is InChI=1S/C19H19F3N2O3/c1-12-4-2-3-5-15(12)16(10-19(20,21)22)24-18(27)23-11-13-6-8-14(9-7-13)17(25)26/h2-9,16H,10-11H2,1H3,(H,25,26)(H2,23,24,27). The molecule has 0 radical (unpaired) electrons. The van der Waals surface area contributed by atoms with Gasteiger partial charge in [0, 0.05) is 6.54 Å². The van der Waals surface area contributed by atoms with Gasteiger partial charge < -0.3 is 15.7 Å². The predicted octanol–water partition coefficient (Wildman–Crippen LogP) is 4.19. The molecule has 27 heavy (non-hydrogen) atoms. The number of carbonyl (C=O) groups is 2. The fraction of sp³-hybridized carbons (Fsp3) is 0.263. The van der Waals surface area contributed by atoms with Crippen LogP contribution in [0.4, 0.5) is 18.0 Å². The lowest BCUT2D eigenvalue weighted by atomic mass is 9.98. The smallest absolute Gasteiger partial charge is 0.391 e. The molecule has 3 N–H and O–H groups in total. The molecule has 0 aliphatic heterocycles. The van der Waals surface area contributed by atoms with E-state index in [1.54, 1.807) is 31.2 Å². The van der Waals surface area contributed by atoms with Crippen molar-refractivity contribution < 1.29 is 27.9 Å². The highest BCUT2D eigenvalue weighted by Gasteiger charge is 2.34. The molecule has 0 spiro atoms. The lowest BCUT2D eigenvalue weighted by Gasteiger charge is -2.22. The Kier molecular flexibility index (Phi) is 6.44. The van der Waals surface area contributed by atoms with Crippen molar-refractivity contribution in [3.8, 4) is 0 Å². The van der Waals surface area contributed by atoms with E-state index >= 15 is 0 Å². The third-order valence-corrected chi connectivity index (χ3v) is 3.96. The van der Waals surface area contributed by atoms with Gasteiger partial charge in [-0.25, -0.2) is 9.59 Å². The van der Waals surface area contributed by atoms with Crippen LogP contribution in [-0.4, -0.2) is 23.3 Å². The quantitative estimate of drug-likeness (QED) is 0.703. The molecule has 2 rings (SSSR count).